The Morgan fingerprint density at radius 3 is 2.43 bits per heavy atom. The molecule has 0 spiro atoms. The lowest BCUT2D eigenvalue weighted by Crippen LogP contribution is -2.52. The average molecular weight is 295 g/mol. The normalized spacial score (nSPS) is 14.1. The molecule has 1 aromatic heterocycles. The SMILES string of the molecule is CC(=O)N(C(C)=O)N1C=C(c2ccc([N+](=O)[O-])o2)N(C)N1. The van der Waals surface area contributed by atoms with Gasteiger partial charge >= 0.3 is 5.88 Å². The minimum atomic E-state index is -0.651. The molecule has 1 aromatic rings. The van der Waals surface area contributed by atoms with Crippen LogP contribution in [0.3, 0.4) is 0 Å². The molecule has 10 nitrogen and oxygen atoms in total. The zero-order chi connectivity index (χ0) is 15.7. The number of hydrazine groups is 3. The van der Waals surface area contributed by atoms with Crippen LogP contribution in [0, 0.1) is 10.1 Å². The van der Waals surface area contributed by atoms with Crippen LogP contribution in [0.25, 0.3) is 5.70 Å². The minimum absolute atomic E-state index is 0.228. The maximum atomic E-state index is 11.5. The van der Waals surface area contributed by atoms with Crippen LogP contribution in [-0.4, -0.2) is 38.9 Å². The zero-order valence-corrected chi connectivity index (χ0v) is 11.6. The van der Waals surface area contributed by atoms with Gasteiger partial charge in [0.1, 0.15) is 10.6 Å². The van der Waals surface area contributed by atoms with Crippen LogP contribution in [-0.2, 0) is 9.59 Å². The van der Waals surface area contributed by atoms with Crippen molar-refractivity contribution in [2.24, 2.45) is 0 Å². The van der Waals surface area contributed by atoms with Crippen molar-refractivity contribution >= 4 is 23.4 Å². The van der Waals surface area contributed by atoms with Crippen LogP contribution < -0.4 is 5.53 Å². The maximum Gasteiger partial charge on any atom is 0.433 e. The van der Waals surface area contributed by atoms with Crippen LogP contribution >= 0.6 is 0 Å². The average Bonchev–Trinajstić information content (AvgIpc) is 2.94. The number of nitro groups is 1. The maximum absolute atomic E-state index is 11.5. The molecule has 0 fully saturated rings. The van der Waals surface area contributed by atoms with Gasteiger partial charge in [0.05, 0.1) is 12.3 Å². The predicted molar refractivity (Wildman–Crippen MR) is 69.3 cm³/mol. The Kier molecular flexibility index (Phi) is 3.63. The van der Waals surface area contributed by atoms with Crippen molar-refractivity contribution in [3.05, 3.63) is 34.2 Å². The van der Waals surface area contributed by atoms with E-state index in [2.05, 4.69) is 5.53 Å². The molecule has 0 bridgehead atoms. The molecule has 1 aliphatic rings. The second kappa shape index (κ2) is 5.25. The Morgan fingerprint density at radius 2 is 1.95 bits per heavy atom. The number of rotatable bonds is 3. The van der Waals surface area contributed by atoms with Gasteiger partial charge in [0, 0.05) is 20.9 Å². The third kappa shape index (κ3) is 2.69. The lowest BCUT2D eigenvalue weighted by molar-refractivity contribution is -0.402. The summed E-state index contributed by atoms with van der Waals surface area (Å²) < 4.78 is 5.08. The summed E-state index contributed by atoms with van der Waals surface area (Å²) in [6.45, 7) is 2.49. The number of furan rings is 1. The molecule has 21 heavy (non-hydrogen) atoms. The summed E-state index contributed by atoms with van der Waals surface area (Å²) in [4.78, 5) is 32.9. The number of carbonyl (C=O) groups excluding carboxylic acids is 2. The highest BCUT2D eigenvalue weighted by Crippen LogP contribution is 2.27. The number of amides is 2. The number of hydrogen-bond donors (Lipinski definition) is 1. The van der Waals surface area contributed by atoms with Gasteiger partial charge in [-0.2, -0.15) is 10.1 Å². The molecule has 2 rings (SSSR count). The standard InChI is InChI=1S/C11H13N5O5/c1-7(17)15(8(2)18)14-6-9(13(3)12-14)10-4-5-11(21-10)16(19)20/h4-6,12H,1-3H3. The smallest absolute Gasteiger partial charge is 0.399 e. The van der Waals surface area contributed by atoms with Gasteiger partial charge in [0.2, 0.25) is 11.8 Å². The van der Waals surface area contributed by atoms with E-state index < -0.39 is 22.6 Å². The monoisotopic (exact) mass is 295 g/mol. The van der Waals surface area contributed by atoms with Crippen molar-refractivity contribution in [3.8, 4) is 0 Å². The highest BCUT2D eigenvalue weighted by Gasteiger charge is 2.29. The van der Waals surface area contributed by atoms with E-state index in [0.717, 1.165) is 5.01 Å². The van der Waals surface area contributed by atoms with Gasteiger partial charge in [-0.1, -0.05) is 0 Å². The molecule has 112 valence electrons. The third-order valence-corrected chi connectivity index (χ3v) is 2.69. The largest absolute Gasteiger partial charge is 0.433 e. The van der Waals surface area contributed by atoms with E-state index in [0.29, 0.717) is 5.70 Å². The van der Waals surface area contributed by atoms with Crippen molar-refractivity contribution < 1.29 is 18.9 Å². The lowest BCUT2D eigenvalue weighted by Gasteiger charge is -2.28. The lowest BCUT2D eigenvalue weighted by atomic mass is 10.3. The number of carbonyl (C=O) groups is 2. The highest BCUT2D eigenvalue weighted by atomic mass is 16.6. The first-order valence-electron chi connectivity index (χ1n) is 5.88. The molecule has 2 amide bonds. The fourth-order valence-electron chi connectivity index (χ4n) is 1.86. The third-order valence-electron chi connectivity index (χ3n) is 2.69. The van der Waals surface area contributed by atoms with Crippen molar-refractivity contribution in [1.82, 2.24) is 20.7 Å². The minimum Gasteiger partial charge on any atom is -0.399 e. The van der Waals surface area contributed by atoms with Crippen LogP contribution in [0.4, 0.5) is 5.88 Å². The van der Waals surface area contributed by atoms with Crippen molar-refractivity contribution in [1.29, 1.82) is 0 Å². The summed E-state index contributed by atoms with van der Waals surface area (Å²) in [6.07, 6.45) is 1.42. The molecule has 0 saturated heterocycles. The molecule has 1 N–H and O–H groups in total. The van der Waals surface area contributed by atoms with E-state index in [4.69, 9.17) is 4.42 Å². The summed E-state index contributed by atoms with van der Waals surface area (Å²) in [5.74, 6) is -1.13. The van der Waals surface area contributed by atoms with Crippen molar-refractivity contribution in [2.75, 3.05) is 7.05 Å². The Balaban J connectivity index is 2.31. The van der Waals surface area contributed by atoms with Gasteiger partial charge in [-0.25, -0.2) is 0 Å². The molecule has 0 atom stereocenters. The van der Waals surface area contributed by atoms with Crippen molar-refractivity contribution in [3.63, 3.8) is 0 Å². The van der Waals surface area contributed by atoms with Gasteiger partial charge in [0.15, 0.2) is 5.76 Å². The van der Waals surface area contributed by atoms with E-state index in [1.165, 1.54) is 42.3 Å². The molecule has 2 heterocycles. The topological polar surface area (TPSA) is 112 Å². The quantitative estimate of drug-likeness (QED) is 0.632. The summed E-state index contributed by atoms with van der Waals surface area (Å²) >= 11 is 0. The molecular formula is C11H13N5O5. The van der Waals surface area contributed by atoms with Gasteiger partial charge in [-0.15, -0.1) is 5.53 Å². The number of imide groups is 1. The molecule has 0 saturated carbocycles. The fourth-order valence-corrected chi connectivity index (χ4v) is 1.86. The summed E-state index contributed by atoms with van der Waals surface area (Å²) in [7, 11) is 1.61. The van der Waals surface area contributed by atoms with Gasteiger partial charge in [-0.05, 0) is 6.07 Å². The number of nitrogens with zero attached hydrogens (tertiary/aromatic N) is 4. The molecular weight excluding hydrogens is 282 g/mol. The Labute approximate surface area is 119 Å². The van der Waals surface area contributed by atoms with Crippen LogP contribution in [0.15, 0.2) is 22.7 Å². The summed E-state index contributed by atoms with van der Waals surface area (Å²) in [5.41, 5.74) is 3.16. The Bertz CT molecular complexity index is 623. The van der Waals surface area contributed by atoms with E-state index in [9.17, 15) is 19.7 Å². The van der Waals surface area contributed by atoms with Crippen LogP contribution in [0.2, 0.25) is 0 Å². The highest BCUT2D eigenvalue weighted by molar-refractivity contribution is 5.92. The second-order valence-electron chi connectivity index (χ2n) is 4.26. The van der Waals surface area contributed by atoms with Gasteiger partial charge in [-0.3, -0.25) is 24.7 Å². The summed E-state index contributed by atoms with van der Waals surface area (Å²) in [6, 6.07) is 2.65. The number of hydrogen-bond acceptors (Lipinski definition) is 8. The second-order valence-corrected chi connectivity index (χ2v) is 4.26. The molecule has 0 unspecified atom stereocenters. The first-order chi connectivity index (χ1) is 9.81. The first-order valence-corrected chi connectivity index (χ1v) is 5.88. The van der Waals surface area contributed by atoms with Gasteiger partial charge in [0.25, 0.3) is 0 Å². The van der Waals surface area contributed by atoms with Crippen LogP contribution in [0.1, 0.15) is 19.6 Å². The van der Waals surface area contributed by atoms with Gasteiger partial charge < -0.3 is 4.42 Å². The van der Waals surface area contributed by atoms with E-state index in [1.54, 1.807) is 7.05 Å². The zero-order valence-electron chi connectivity index (χ0n) is 11.6. The summed E-state index contributed by atoms with van der Waals surface area (Å²) in [5, 5.41) is 14.1. The van der Waals surface area contributed by atoms with E-state index in [-0.39, 0.29) is 5.76 Å². The Hall–Kier alpha value is -2.88. The molecule has 0 aromatic carbocycles. The first kappa shape index (κ1) is 14.5. The predicted octanol–water partition coefficient (Wildman–Crippen LogP) is 0.463. The number of nitrogens with one attached hydrogen (secondary N) is 1. The van der Waals surface area contributed by atoms with E-state index in [1.807, 2.05) is 0 Å². The molecule has 0 radical (unpaired) electrons. The molecule has 10 heteroatoms. The fraction of sp³-hybridized carbons (Fsp3) is 0.273. The van der Waals surface area contributed by atoms with Crippen molar-refractivity contribution in [2.45, 2.75) is 13.8 Å². The van der Waals surface area contributed by atoms with Crippen LogP contribution in [0.5, 0.6) is 0 Å². The molecule has 1 aliphatic heterocycles. The molecule has 0 aliphatic carbocycles. The van der Waals surface area contributed by atoms with E-state index >= 15 is 0 Å². The Morgan fingerprint density at radius 1 is 1.33 bits per heavy atom.